The second-order valence-corrected chi connectivity index (χ2v) is 8.09. The molecule has 0 spiro atoms. The highest BCUT2D eigenvalue weighted by atomic mass is 32.2. The lowest BCUT2D eigenvalue weighted by molar-refractivity contribution is 0.0946. The van der Waals surface area contributed by atoms with Crippen LogP contribution in [0, 0.1) is 0 Å². The first-order chi connectivity index (χ1) is 13.5. The van der Waals surface area contributed by atoms with Crippen LogP contribution in [-0.2, 0) is 16.4 Å². The highest BCUT2D eigenvalue weighted by Gasteiger charge is 2.17. The zero-order chi connectivity index (χ0) is 19.6. The van der Waals surface area contributed by atoms with Crippen molar-refractivity contribution >= 4 is 26.8 Å². The number of pyridine rings is 1. The summed E-state index contributed by atoms with van der Waals surface area (Å²) in [5, 5.41) is 9.44. The van der Waals surface area contributed by atoms with Gasteiger partial charge < -0.3 is 5.32 Å². The van der Waals surface area contributed by atoms with Crippen molar-refractivity contribution in [3.8, 4) is 0 Å². The molecule has 140 valence electrons. The Morgan fingerprint density at radius 2 is 1.64 bits per heavy atom. The van der Waals surface area contributed by atoms with Crippen molar-refractivity contribution in [2.24, 2.45) is 0 Å². The Balaban J connectivity index is 1.45. The second kappa shape index (κ2) is 7.24. The molecule has 0 bridgehead atoms. The van der Waals surface area contributed by atoms with Crippen molar-refractivity contribution in [2.75, 3.05) is 0 Å². The SMILES string of the molecule is O=C(NCc1ccc(S(=O)(=O)c2ccccc2)cc1)c1ccc2[nH]ncc2n1. The molecule has 0 fully saturated rings. The van der Waals surface area contributed by atoms with E-state index in [1.54, 1.807) is 72.9 Å². The molecule has 0 aliphatic heterocycles. The Labute approximate surface area is 161 Å². The van der Waals surface area contributed by atoms with Crippen LogP contribution in [0.3, 0.4) is 0 Å². The minimum Gasteiger partial charge on any atom is -0.347 e. The van der Waals surface area contributed by atoms with Crippen LogP contribution in [-0.4, -0.2) is 29.5 Å². The number of nitrogens with zero attached hydrogens (tertiary/aromatic N) is 2. The predicted octanol–water partition coefficient (Wildman–Crippen LogP) is 2.72. The summed E-state index contributed by atoms with van der Waals surface area (Å²) in [6, 6.07) is 18.1. The fourth-order valence-electron chi connectivity index (χ4n) is 2.75. The van der Waals surface area contributed by atoms with E-state index in [9.17, 15) is 13.2 Å². The van der Waals surface area contributed by atoms with Crippen LogP contribution in [0.1, 0.15) is 16.1 Å². The first-order valence-corrected chi connectivity index (χ1v) is 10.00. The molecule has 0 radical (unpaired) electrons. The minimum atomic E-state index is -3.55. The molecule has 1 amide bonds. The summed E-state index contributed by atoms with van der Waals surface area (Å²) in [7, 11) is -3.55. The van der Waals surface area contributed by atoms with E-state index >= 15 is 0 Å². The van der Waals surface area contributed by atoms with Gasteiger partial charge in [0.2, 0.25) is 9.84 Å². The number of hydrogen-bond acceptors (Lipinski definition) is 5. The molecule has 2 aromatic carbocycles. The van der Waals surface area contributed by atoms with E-state index in [1.165, 1.54) is 0 Å². The number of aromatic nitrogens is 3. The fraction of sp³-hybridized carbons (Fsp3) is 0.0500. The maximum absolute atomic E-state index is 12.6. The quantitative estimate of drug-likeness (QED) is 0.543. The Morgan fingerprint density at radius 1 is 0.929 bits per heavy atom. The lowest BCUT2D eigenvalue weighted by Gasteiger charge is -2.07. The number of hydrogen-bond donors (Lipinski definition) is 2. The molecule has 7 nitrogen and oxygen atoms in total. The molecule has 8 heteroatoms. The lowest BCUT2D eigenvalue weighted by atomic mass is 10.2. The van der Waals surface area contributed by atoms with Crippen LogP contribution in [0.2, 0.25) is 0 Å². The van der Waals surface area contributed by atoms with E-state index in [0.717, 1.165) is 11.1 Å². The summed E-state index contributed by atoms with van der Waals surface area (Å²) in [6.45, 7) is 0.260. The van der Waals surface area contributed by atoms with Gasteiger partial charge in [-0.3, -0.25) is 9.89 Å². The topological polar surface area (TPSA) is 105 Å². The number of H-pyrrole nitrogens is 1. The van der Waals surface area contributed by atoms with Crippen LogP contribution in [0.15, 0.2) is 82.7 Å². The number of carbonyl (C=O) groups is 1. The van der Waals surface area contributed by atoms with Gasteiger partial charge in [0.15, 0.2) is 0 Å². The maximum Gasteiger partial charge on any atom is 0.270 e. The Bertz CT molecular complexity index is 1230. The van der Waals surface area contributed by atoms with E-state index in [1.807, 2.05) is 0 Å². The third-order valence-corrected chi connectivity index (χ3v) is 6.05. The molecule has 0 saturated carbocycles. The smallest absolute Gasteiger partial charge is 0.270 e. The lowest BCUT2D eigenvalue weighted by Crippen LogP contribution is -2.23. The second-order valence-electron chi connectivity index (χ2n) is 6.14. The van der Waals surface area contributed by atoms with Crippen LogP contribution in [0.25, 0.3) is 11.0 Å². The molecule has 0 aliphatic carbocycles. The molecule has 2 N–H and O–H groups in total. The normalized spacial score (nSPS) is 11.4. The fourth-order valence-corrected chi connectivity index (χ4v) is 4.03. The summed E-state index contributed by atoms with van der Waals surface area (Å²) in [4.78, 5) is 17.0. The van der Waals surface area contributed by atoms with Crippen molar-refractivity contribution < 1.29 is 13.2 Å². The van der Waals surface area contributed by atoms with Crippen molar-refractivity contribution in [1.29, 1.82) is 0 Å². The van der Waals surface area contributed by atoms with Crippen molar-refractivity contribution in [3.63, 3.8) is 0 Å². The molecule has 28 heavy (non-hydrogen) atoms. The minimum absolute atomic E-state index is 0.209. The average Bonchev–Trinajstić information content (AvgIpc) is 3.21. The number of carbonyl (C=O) groups excluding carboxylic acids is 1. The van der Waals surface area contributed by atoms with Gasteiger partial charge in [0.05, 0.1) is 21.5 Å². The summed E-state index contributed by atoms with van der Waals surface area (Å²) < 4.78 is 25.2. The van der Waals surface area contributed by atoms with Crippen molar-refractivity contribution in [2.45, 2.75) is 16.3 Å². The molecular weight excluding hydrogens is 376 g/mol. The van der Waals surface area contributed by atoms with Crippen molar-refractivity contribution in [1.82, 2.24) is 20.5 Å². The van der Waals surface area contributed by atoms with Gasteiger partial charge in [-0.05, 0) is 42.0 Å². The van der Waals surface area contributed by atoms with Gasteiger partial charge in [-0.1, -0.05) is 30.3 Å². The predicted molar refractivity (Wildman–Crippen MR) is 103 cm³/mol. The number of benzene rings is 2. The summed E-state index contributed by atoms with van der Waals surface area (Å²) in [5.74, 6) is -0.316. The summed E-state index contributed by atoms with van der Waals surface area (Å²) in [5.41, 5.74) is 2.44. The number of amides is 1. The summed E-state index contributed by atoms with van der Waals surface area (Å²) in [6.07, 6.45) is 1.55. The largest absolute Gasteiger partial charge is 0.347 e. The highest BCUT2D eigenvalue weighted by molar-refractivity contribution is 7.91. The Morgan fingerprint density at radius 3 is 2.39 bits per heavy atom. The standard InChI is InChI=1S/C20H16N4O3S/c25-20(18-11-10-17-19(23-18)13-22-24-17)21-12-14-6-8-16(9-7-14)28(26,27)15-4-2-1-3-5-15/h1-11,13H,12H2,(H,21,25)(H,22,24). The monoisotopic (exact) mass is 392 g/mol. The van der Waals surface area contributed by atoms with E-state index in [2.05, 4.69) is 20.5 Å². The van der Waals surface area contributed by atoms with Gasteiger partial charge in [-0.25, -0.2) is 13.4 Å². The van der Waals surface area contributed by atoms with E-state index in [-0.39, 0.29) is 27.9 Å². The molecule has 4 rings (SSSR count). The number of aromatic amines is 1. The third-order valence-electron chi connectivity index (χ3n) is 4.27. The Kier molecular flexibility index (Phi) is 4.62. The molecule has 0 unspecified atom stereocenters. The van der Waals surface area contributed by atoms with Gasteiger partial charge in [-0.15, -0.1) is 0 Å². The molecule has 2 heterocycles. The average molecular weight is 392 g/mol. The van der Waals surface area contributed by atoms with E-state index in [0.29, 0.717) is 5.52 Å². The number of sulfone groups is 1. The van der Waals surface area contributed by atoms with Crippen LogP contribution >= 0.6 is 0 Å². The van der Waals surface area contributed by atoms with Gasteiger partial charge in [0.1, 0.15) is 11.2 Å². The molecule has 2 aromatic heterocycles. The summed E-state index contributed by atoms with van der Waals surface area (Å²) >= 11 is 0. The van der Waals surface area contributed by atoms with Gasteiger partial charge in [0, 0.05) is 6.54 Å². The number of nitrogens with one attached hydrogen (secondary N) is 2. The maximum atomic E-state index is 12.6. The first-order valence-electron chi connectivity index (χ1n) is 8.51. The number of rotatable bonds is 5. The first kappa shape index (κ1) is 17.9. The van der Waals surface area contributed by atoms with Crippen LogP contribution < -0.4 is 5.32 Å². The molecule has 0 saturated heterocycles. The van der Waals surface area contributed by atoms with Crippen LogP contribution in [0.5, 0.6) is 0 Å². The number of fused-ring (bicyclic) bond motifs is 1. The van der Waals surface area contributed by atoms with Gasteiger partial charge >= 0.3 is 0 Å². The van der Waals surface area contributed by atoms with Crippen molar-refractivity contribution in [3.05, 3.63) is 84.2 Å². The molecular formula is C20H16N4O3S. The zero-order valence-corrected chi connectivity index (χ0v) is 15.5. The van der Waals surface area contributed by atoms with E-state index < -0.39 is 9.84 Å². The highest BCUT2D eigenvalue weighted by Crippen LogP contribution is 2.20. The van der Waals surface area contributed by atoms with Crippen LogP contribution in [0.4, 0.5) is 0 Å². The Hall–Kier alpha value is -3.52. The van der Waals surface area contributed by atoms with Gasteiger partial charge in [0.25, 0.3) is 5.91 Å². The van der Waals surface area contributed by atoms with E-state index in [4.69, 9.17) is 0 Å². The van der Waals surface area contributed by atoms with Gasteiger partial charge in [-0.2, -0.15) is 5.10 Å². The zero-order valence-electron chi connectivity index (χ0n) is 14.7. The molecule has 4 aromatic rings. The third kappa shape index (κ3) is 3.49. The molecule has 0 atom stereocenters. The molecule has 0 aliphatic rings.